The maximum absolute atomic E-state index is 8.58. The van der Waals surface area contributed by atoms with Crippen molar-refractivity contribution in [2.75, 3.05) is 35.7 Å². The molecule has 84 valence electrons. The maximum atomic E-state index is 8.58. The van der Waals surface area contributed by atoms with Crippen LogP contribution in [0.2, 0.25) is 0 Å². The van der Waals surface area contributed by atoms with Gasteiger partial charge in [0.2, 0.25) is 0 Å². The van der Waals surface area contributed by atoms with E-state index in [0.717, 1.165) is 30.2 Å². The molecule has 1 aromatic heterocycles. The van der Waals surface area contributed by atoms with Crippen LogP contribution in [0, 0.1) is 0 Å². The van der Waals surface area contributed by atoms with Gasteiger partial charge >= 0.3 is 0 Å². The van der Waals surface area contributed by atoms with E-state index in [1.165, 1.54) is 0 Å². The van der Waals surface area contributed by atoms with Gasteiger partial charge in [-0.3, -0.25) is 4.98 Å². The fourth-order valence-corrected chi connectivity index (χ4v) is 1.87. The summed E-state index contributed by atoms with van der Waals surface area (Å²) in [5.74, 6) is 2.03. The second kappa shape index (κ2) is 7.36. The van der Waals surface area contributed by atoms with E-state index in [9.17, 15) is 0 Å². The van der Waals surface area contributed by atoms with Gasteiger partial charge < -0.3 is 16.2 Å². The summed E-state index contributed by atoms with van der Waals surface area (Å²) in [6, 6.07) is 1.87. The highest BCUT2D eigenvalue weighted by atomic mass is 32.2. The molecule has 0 aliphatic carbocycles. The topological polar surface area (TPSA) is 71.2 Å². The Morgan fingerprint density at radius 3 is 3.00 bits per heavy atom. The van der Waals surface area contributed by atoms with E-state index in [-0.39, 0.29) is 6.61 Å². The Morgan fingerprint density at radius 2 is 2.27 bits per heavy atom. The number of aliphatic hydroxyl groups excluding tert-OH is 1. The summed E-state index contributed by atoms with van der Waals surface area (Å²) in [6.45, 7) is 1.17. The number of hydrogen-bond acceptors (Lipinski definition) is 5. The van der Waals surface area contributed by atoms with Crippen LogP contribution in [0.15, 0.2) is 18.5 Å². The zero-order chi connectivity index (χ0) is 10.9. The Morgan fingerprint density at radius 1 is 1.40 bits per heavy atom. The molecule has 0 spiro atoms. The summed E-state index contributed by atoms with van der Waals surface area (Å²) in [7, 11) is 0. The highest BCUT2D eigenvalue weighted by Gasteiger charge is 1.93. The van der Waals surface area contributed by atoms with Crippen LogP contribution in [0.4, 0.5) is 11.4 Å². The molecule has 4 N–H and O–H groups in total. The van der Waals surface area contributed by atoms with Gasteiger partial charge in [-0.2, -0.15) is 11.8 Å². The molecule has 1 heterocycles. The van der Waals surface area contributed by atoms with E-state index in [0.29, 0.717) is 5.69 Å². The van der Waals surface area contributed by atoms with E-state index >= 15 is 0 Å². The summed E-state index contributed by atoms with van der Waals surface area (Å²) in [5.41, 5.74) is 7.22. The van der Waals surface area contributed by atoms with Gasteiger partial charge in [0.25, 0.3) is 0 Å². The Labute approximate surface area is 94.3 Å². The van der Waals surface area contributed by atoms with E-state index in [4.69, 9.17) is 10.8 Å². The molecule has 0 bridgehead atoms. The van der Waals surface area contributed by atoms with Crippen LogP contribution in [0.3, 0.4) is 0 Å². The smallest absolute Gasteiger partial charge is 0.0547 e. The number of nitrogens with zero attached hydrogens (tertiary/aromatic N) is 1. The Kier molecular flexibility index (Phi) is 5.96. The number of anilines is 2. The van der Waals surface area contributed by atoms with Crippen molar-refractivity contribution >= 4 is 23.1 Å². The van der Waals surface area contributed by atoms with Gasteiger partial charge in [0.1, 0.15) is 0 Å². The summed E-state index contributed by atoms with van der Waals surface area (Å²) < 4.78 is 0. The van der Waals surface area contributed by atoms with E-state index in [1.807, 2.05) is 17.8 Å². The second-order valence-electron chi connectivity index (χ2n) is 3.12. The van der Waals surface area contributed by atoms with Gasteiger partial charge in [-0.15, -0.1) is 0 Å². The first-order chi connectivity index (χ1) is 7.33. The normalized spacial score (nSPS) is 10.2. The van der Waals surface area contributed by atoms with Gasteiger partial charge in [0.05, 0.1) is 17.6 Å². The molecule has 0 aliphatic heterocycles. The molecule has 0 saturated heterocycles. The van der Waals surface area contributed by atoms with Gasteiger partial charge in [-0.25, -0.2) is 0 Å². The van der Waals surface area contributed by atoms with E-state index in [2.05, 4.69) is 10.3 Å². The molecule has 0 unspecified atom stereocenters. The summed E-state index contributed by atoms with van der Waals surface area (Å²) in [6.07, 6.45) is 4.25. The third kappa shape index (κ3) is 5.49. The number of aromatic nitrogens is 1. The molecule has 5 heteroatoms. The number of thioether (sulfide) groups is 1. The van der Waals surface area contributed by atoms with Crippen molar-refractivity contribution in [2.45, 2.75) is 6.42 Å². The van der Waals surface area contributed by atoms with Crippen molar-refractivity contribution in [3.05, 3.63) is 18.5 Å². The van der Waals surface area contributed by atoms with Crippen LogP contribution in [0.5, 0.6) is 0 Å². The lowest BCUT2D eigenvalue weighted by Gasteiger charge is -2.05. The first-order valence-electron chi connectivity index (χ1n) is 4.96. The standard InChI is InChI=1S/C10H17N3OS/c11-9-6-10(8-12-7-9)13-2-5-15-4-1-3-14/h6-8,13-14H,1-5,11H2. The molecule has 0 radical (unpaired) electrons. The van der Waals surface area contributed by atoms with Crippen molar-refractivity contribution in [3.63, 3.8) is 0 Å². The molecule has 1 aromatic rings. The highest BCUT2D eigenvalue weighted by Crippen LogP contribution is 2.09. The predicted molar refractivity (Wildman–Crippen MR) is 66.2 cm³/mol. The molecule has 0 fully saturated rings. The van der Waals surface area contributed by atoms with Crippen LogP contribution in [0.25, 0.3) is 0 Å². The molecule has 0 atom stereocenters. The van der Waals surface area contributed by atoms with Crippen LogP contribution >= 0.6 is 11.8 Å². The average Bonchev–Trinajstić information content (AvgIpc) is 2.23. The number of nitrogens with two attached hydrogens (primary N) is 1. The lowest BCUT2D eigenvalue weighted by Crippen LogP contribution is -2.05. The summed E-state index contributed by atoms with van der Waals surface area (Å²) >= 11 is 1.83. The molecule has 0 amide bonds. The van der Waals surface area contributed by atoms with Crippen molar-refractivity contribution in [1.82, 2.24) is 4.98 Å². The number of rotatable bonds is 7. The van der Waals surface area contributed by atoms with Crippen molar-refractivity contribution in [3.8, 4) is 0 Å². The largest absolute Gasteiger partial charge is 0.397 e. The first-order valence-corrected chi connectivity index (χ1v) is 6.11. The third-order valence-electron chi connectivity index (χ3n) is 1.78. The lowest BCUT2D eigenvalue weighted by atomic mass is 10.4. The number of aliphatic hydroxyl groups is 1. The monoisotopic (exact) mass is 227 g/mol. The fraction of sp³-hybridized carbons (Fsp3) is 0.500. The van der Waals surface area contributed by atoms with Crippen molar-refractivity contribution in [1.29, 1.82) is 0 Å². The minimum atomic E-state index is 0.277. The fourth-order valence-electron chi connectivity index (χ4n) is 1.09. The summed E-state index contributed by atoms with van der Waals surface area (Å²) in [4.78, 5) is 3.99. The molecule has 4 nitrogen and oxygen atoms in total. The molecule has 15 heavy (non-hydrogen) atoms. The SMILES string of the molecule is Nc1cncc(NCCSCCCO)c1. The Balaban J connectivity index is 2.10. The number of pyridine rings is 1. The molecular formula is C10H17N3OS. The van der Waals surface area contributed by atoms with Crippen LogP contribution in [0.1, 0.15) is 6.42 Å². The van der Waals surface area contributed by atoms with Crippen molar-refractivity contribution in [2.24, 2.45) is 0 Å². The first kappa shape index (κ1) is 12.1. The van der Waals surface area contributed by atoms with Crippen LogP contribution in [-0.2, 0) is 0 Å². The van der Waals surface area contributed by atoms with Gasteiger partial charge in [-0.1, -0.05) is 0 Å². The molecule has 0 saturated carbocycles. The molecule has 0 aliphatic rings. The van der Waals surface area contributed by atoms with Gasteiger partial charge in [-0.05, 0) is 18.2 Å². The summed E-state index contributed by atoms with van der Waals surface area (Å²) in [5, 5.41) is 11.8. The second-order valence-corrected chi connectivity index (χ2v) is 4.35. The third-order valence-corrected chi connectivity index (χ3v) is 2.85. The van der Waals surface area contributed by atoms with Gasteiger partial charge in [0.15, 0.2) is 0 Å². The lowest BCUT2D eigenvalue weighted by molar-refractivity contribution is 0.296. The Hall–Kier alpha value is -0.940. The molecule has 0 aromatic carbocycles. The molecular weight excluding hydrogens is 210 g/mol. The maximum Gasteiger partial charge on any atom is 0.0547 e. The van der Waals surface area contributed by atoms with Crippen molar-refractivity contribution < 1.29 is 5.11 Å². The van der Waals surface area contributed by atoms with E-state index in [1.54, 1.807) is 12.4 Å². The number of hydrogen-bond donors (Lipinski definition) is 3. The predicted octanol–water partition coefficient (Wildman–Crippen LogP) is 1.19. The van der Waals surface area contributed by atoms with Crippen LogP contribution < -0.4 is 11.1 Å². The minimum Gasteiger partial charge on any atom is -0.397 e. The number of nitrogen functional groups attached to an aromatic ring is 1. The Bertz CT molecular complexity index is 283. The minimum absolute atomic E-state index is 0.277. The van der Waals surface area contributed by atoms with E-state index < -0.39 is 0 Å². The zero-order valence-electron chi connectivity index (χ0n) is 8.65. The quantitative estimate of drug-likeness (QED) is 0.610. The zero-order valence-corrected chi connectivity index (χ0v) is 9.46. The highest BCUT2D eigenvalue weighted by molar-refractivity contribution is 7.99. The van der Waals surface area contributed by atoms with Crippen LogP contribution in [-0.4, -0.2) is 34.7 Å². The number of nitrogens with one attached hydrogen (secondary N) is 1. The average molecular weight is 227 g/mol. The molecule has 1 rings (SSSR count). The van der Waals surface area contributed by atoms with Gasteiger partial charge in [0, 0.05) is 25.1 Å².